The van der Waals surface area contributed by atoms with Crippen LogP contribution in [0, 0.1) is 23.7 Å². The van der Waals surface area contributed by atoms with Crippen molar-refractivity contribution >= 4 is 5.71 Å². The molecule has 0 spiro atoms. The normalized spacial score (nSPS) is 63.3. The maximum Gasteiger partial charge on any atom is 0.0638 e. The zero-order chi connectivity index (χ0) is 6.01. The molecule has 0 aromatic heterocycles. The molecule has 2 unspecified atom stereocenters. The molecule has 4 aliphatic carbocycles. The van der Waals surface area contributed by atoms with Crippen molar-refractivity contribution in [2.75, 3.05) is 0 Å². The van der Waals surface area contributed by atoms with E-state index in [4.69, 9.17) is 5.21 Å². The predicted octanol–water partition coefficient (Wildman–Crippen LogP) is 1.10. The highest BCUT2D eigenvalue weighted by molar-refractivity contribution is 5.96. The third-order valence-electron chi connectivity index (χ3n) is 3.32. The van der Waals surface area contributed by atoms with Gasteiger partial charge in [0.15, 0.2) is 0 Å². The van der Waals surface area contributed by atoms with Gasteiger partial charge >= 0.3 is 0 Å². The van der Waals surface area contributed by atoms with Crippen molar-refractivity contribution in [2.45, 2.75) is 12.8 Å². The molecule has 2 nitrogen and oxygen atoms in total. The van der Waals surface area contributed by atoms with Crippen LogP contribution in [-0.2, 0) is 0 Å². The first-order chi connectivity index (χ1) is 4.42. The highest BCUT2D eigenvalue weighted by Crippen LogP contribution is 2.68. The van der Waals surface area contributed by atoms with Crippen LogP contribution in [0.4, 0.5) is 0 Å². The third kappa shape index (κ3) is 0.296. The first kappa shape index (κ1) is 4.31. The fourth-order valence-electron chi connectivity index (χ4n) is 2.94. The van der Waals surface area contributed by atoms with Gasteiger partial charge in [-0.2, -0.15) is 0 Å². The summed E-state index contributed by atoms with van der Waals surface area (Å²) in [5.41, 5.74) is 1.13. The standard InChI is InChI=1S/C7H9NO/c9-8-7-3-1-4-5(2-3)6(4)7/h3-6,9H,1-2H2/b8-7+. The average molecular weight is 123 g/mol. The molecule has 0 heterocycles. The van der Waals surface area contributed by atoms with Crippen molar-refractivity contribution in [2.24, 2.45) is 28.8 Å². The van der Waals surface area contributed by atoms with Crippen LogP contribution in [0.1, 0.15) is 12.8 Å². The predicted molar refractivity (Wildman–Crippen MR) is 32.4 cm³/mol. The summed E-state index contributed by atoms with van der Waals surface area (Å²) in [4.78, 5) is 0. The minimum atomic E-state index is 0.690. The van der Waals surface area contributed by atoms with Gasteiger partial charge in [0, 0.05) is 11.8 Å². The zero-order valence-corrected chi connectivity index (χ0v) is 5.12. The number of hydrogen-bond donors (Lipinski definition) is 1. The van der Waals surface area contributed by atoms with Gasteiger partial charge < -0.3 is 5.21 Å². The highest BCUT2D eigenvalue weighted by atomic mass is 16.4. The lowest BCUT2D eigenvalue weighted by Gasteiger charge is -1.96. The minimum Gasteiger partial charge on any atom is -0.411 e. The third-order valence-corrected chi connectivity index (χ3v) is 3.32. The quantitative estimate of drug-likeness (QED) is 0.379. The Labute approximate surface area is 53.6 Å². The topological polar surface area (TPSA) is 32.6 Å². The Morgan fingerprint density at radius 2 is 2.00 bits per heavy atom. The Morgan fingerprint density at radius 3 is 2.22 bits per heavy atom. The lowest BCUT2D eigenvalue weighted by atomic mass is 10.1. The van der Waals surface area contributed by atoms with Crippen LogP contribution in [-0.4, -0.2) is 10.9 Å². The molecule has 4 rings (SSSR count). The molecule has 0 aromatic rings. The van der Waals surface area contributed by atoms with Gasteiger partial charge in [0.05, 0.1) is 5.71 Å². The first-order valence-electron chi connectivity index (χ1n) is 3.63. The molecule has 4 bridgehead atoms. The molecule has 0 amide bonds. The molecular weight excluding hydrogens is 114 g/mol. The first-order valence-corrected chi connectivity index (χ1v) is 3.63. The monoisotopic (exact) mass is 123 g/mol. The van der Waals surface area contributed by atoms with E-state index >= 15 is 0 Å². The van der Waals surface area contributed by atoms with E-state index in [9.17, 15) is 0 Å². The van der Waals surface area contributed by atoms with Crippen LogP contribution in [0.15, 0.2) is 5.16 Å². The van der Waals surface area contributed by atoms with Crippen LogP contribution < -0.4 is 0 Å². The maximum atomic E-state index is 8.55. The zero-order valence-electron chi connectivity index (χ0n) is 5.12. The maximum absolute atomic E-state index is 8.55. The molecule has 4 fully saturated rings. The molecule has 48 valence electrons. The summed E-state index contributed by atoms with van der Waals surface area (Å²) >= 11 is 0. The molecule has 1 N–H and O–H groups in total. The number of hydrogen-bond acceptors (Lipinski definition) is 2. The van der Waals surface area contributed by atoms with E-state index in [2.05, 4.69) is 5.16 Å². The van der Waals surface area contributed by atoms with Crippen molar-refractivity contribution in [3.05, 3.63) is 0 Å². The smallest absolute Gasteiger partial charge is 0.0638 e. The molecule has 0 aromatic carbocycles. The van der Waals surface area contributed by atoms with Crippen LogP contribution >= 0.6 is 0 Å². The lowest BCUT2D eigenvalue weighted by Crippen LogP contribution is -2.01. The average Bonchev–Trinajstić information content (AvgIpc) is 2.40. The van der Waals surface area contributed by atoms with Crippen molar-refractivity contribution in [3.8, 4) is 0 Å². The van der Waals surface area contributed by atoms with Crippen LogP contribution in [0.25, 0.3) is 0 Å². The summed E-state index contributed by atoms with van der Waals surface area (Å²) in [6, 6.07) is 0. The van der Waals surface area contributed by atoms with Gasteiger partial charge in [-0.15, -0.1) is 0 Å². The Hall–Kier alpha value is -0.530. The SMILES string of the molecule is O/N=C1\C2CC3C(C2)C13. The summed E-state index contributed by atoms with van der Waals surface area (Å²) in [6.45, 7) is 0. The van der Waals surface area contributed by atoms with Crippen molar-refractivity contribution in [1.82, 2.24) is 0 Å². The molecule has 9 heavy (non-hydrogen) atoms. The fourth-order valence-corrected chi connectivity index (χ4v) is 2.94. The van der Waals surface area contributed by atoms with E-state index < -0.39 is 0 Å². The van der Waals surface area contributed by atoms with Crippen LogP contribution in [0.5, 0.6) is 0 Å². The summed E-state index contributed by atoms with van der Waals surface area (Å²) < 4.78 is 0. The van der Waals surface area contributed by atoms with Crippen molar-refractivity contribution in [1.29, 1.82) is 0 Å². The van der Waals surface area contributed by atoms with E-state index in [1.807, 2.05) is 0 Å². The molecule has 4 aliphatic rings. The number of nitrogens with zero attached hydrogens (tertiary/aromatic N) is 1. The summed E-state index contributed by atoms with van der Waals surface area (Å²) in [7, 11) is 0. The van der Waals surface area contributed by atoms with Gasteiger partial charge in [0.1, 0.15) is 0 Å². The summed E-state index contributed by atoms with van der Waals surface area (Å²) in [5.74, 6) is 3.32. The summed E-state index contributed by atoms with van der Waals surface area (Å²) in [6.07, 6.45) is 2.66. The van der Waals surface area contributed by atoms with Crippen LogP contribution in [0.3, 0.4) is 0 Å². The molecule has 0 radical (unpaired) electrons. The van der Waals surface area contributed by atoms with E-state index in [0.717, 1.165) is 23.5 Å². The van der Waals surface area contributed by atoms with Gasteiger partial charge in [0.2, 0.25) is 0 Å². The Kier molecular flexibility index (Phi) is 0.491. The minimum absolute atomic E-state index is 0.690. The second-order valence-electron chi connectivity index (χ2n) is 3.55. The Morgan fingerprint density at radius 1 is 1.33 bits per heavy atom. The molecule has 4 saturated carbocycles. The fraction of sp³-hybridized carbons (Fsp3) is 0.857. The molecule has 2 atom stereocenters. The Balaban J connectivity index is 2.12. The van der Waals surface area contributed by atoms with Crippen LogP contribution in [0.2, 0.25) is 0 Å². The molecule has 0 aliphatic heterocycles. The number of rotatable bonds is 0. The van der Waals surface area contributed by atoms with Gasteiger partial charge in [-0.1, -0.05) is 5.16 Å². The lowest BCUT2D eigenvalue weighted by molar-refractivity contribution is 0.315. The molecule has 0 saturated heterocycles. The second-order valence-corrected chi connectivity index (χ2v) is 3.55. The van der Waals surface area contributed by atoms with Gasteiger partial charge in [-0.05, 0) is 24.7 Å². The second kappa shape index (κ2) is 1.02. The largest absolute Gasteiger partial charge is 0.411 e. The van der Waals surface area contributed by atoms with Gasteiger partial charge in [0.25, 0.3) is 0 Å². The van der Waals surface area contributed by atoms with E-state index in [0.29, 0.717) is 5.92 Å². The molecule has 2 heteroatoms. The van der Waals surface area contributed by atoms with E-state index in [1.165, 1.54) is 12.8 Å². The van der Waals surface area contributed by atoms with E-state index in [-0.39, 0.29) is 0 Å². The van der Waals surface area contributed by atoms with Crippen molar-refractivity contribution < 1.29 is 5.21 Å². The highest BCUT2D eigenvalue weighted by Gasteiger charge is 2.67. The van der Waals surface area contributed by atoms with Gasteiger partial charge in [-0.3, -0.25) is 0 Å². The Bertz CT molecular complexity index is 183. The van der Waals surface area contributed by atoms with Crippen molar-refractivity contribution in [3.63, 3.8) is 0 Å². The number of oxime groups is 1. The summed E-state index contributed by atoms with van der Waals surface area (Å²) in [5, 5.41) is 11.9. The molecular formula is C7H9NO. The van der Waals surface area contributed by atoms with Gasteiger partial charge in [-0.25, -0.2) is 0 Å². The van der Waals surface area contributed by atoms with E-state index in [1.54, 1.807) is 0 Å².